The topological polar surface area (TPSA) is 63.1 Å². The predicted molar refractivity (Wildman–Crippen MR) is 94.6 cm³/mol. The number of nitrogens with one attached hydrogen (secondary N) is 1. The zero-order chi connectivity index (χ0) is 19.3. The van der Waals surface area contributed by atoms with Crippen LogP contribution in [0.4, 0.5) is 30.2 Å². The molecule has 1 aliphatic carbocycles. The molecule has 2 heterocycles. The normalized spacial score (nSPS) is 18.6. The number of aryl methyl sites for hydroxylation is 1. The highest BCUT2D eigenvalue weighted by Gasteiger charge is 2.43. The van der Waals surface area contributed by atoms with Crippen LogP contribution < -0.4 is 10.2 Å². The number of hydrogen-bond acceptors (Lipinski definition) is 4. The molecule has 1 saturated carbocycles. The fraction of sp³-hybridized carbons (Fsp3) is 0.278. The zero-order valence-electron chi connectivity index (χ0n) is 14.6. The monoisotopic (exact) mass is 375 g/mol. The quantitative estimate of drug-likeness (QED) is 0.711. The van der Waals surface area contributed by atoms with Gasteiger partial charge in [-0.05, 0) is 30.7 Å². The summed E-state index contributed by atoms with van der Waals surface area (Å²) in [5.41, 5.74) is 2.23. The first-order valence-corrected chi connectivity index (χ1v) is 8.31. The van der Waals surface area contributed by atoms with Gasteiger partial charge in [0.25, 0.3) is 0 Å². The van der Waals surface area contributed by atoms with Crippen molar-refractivity contribution in [2.24, 2.45) is 13.0 Å². The van der Waals surface area contributed by atoms with Crippen molar-refractivity contribution in [3.8, 4) is 0 Å². The number of pyridine rings is 1. The van der Waals surface area contributed by atoms with Gasteiger partial charge in [-0.2, -0.15) is 13.8 Å². The summed E-state index contributed by atoms with van der Waals surface area (Å²) in [5, 5.41) is 2.71. The summed E-state index contributed by atoms with van der Waals surface area (Å²) >= 11 is 0. The minimum Gasteiger partial charge on any atom is -0.341 e. The first-order chi connectivity index (χ1) is 12.8. The standard InChI is InChI=1S/C18H16F3N5O/c1-25-8-22-16-12(23-18(27)10-7-11(10)19)5-9(6-14(16)25)26(2)13-3-4-15(20)24-17(13)21/h3-6,8,10-11H,7H2,1-2H3,(H,23,27)/t10-,11+/m0/s1. The number of rotatable bonds is 4. The molecule has 2 aromatic heterocycles. The van der Waals surface area contributed by atoms with Crippen LogP contribution in [0, 0.1) is 17.8 Å². The summed E-state index contributed by atoms with van der Waals surface area (Å²) in [6, 6.07) is 5.72. The van der Waals surface area contributed by atoms with E-state index in [2.05, 4.69) is 15.3 Å². The third-order valence-corrected chi connectivity index (χ3v) is 4.67. The maximum absolute atomic E-state index is 14.1. The minimum absolute atomic E-state index is 0.0706. The SMILES string of the molecule is CN(c1cc(NC(=O)[C@H]2C[C@H]2F)c2ncn(C)c2c1)c1ccc(F)nc1F. The molecule has 27 heavy (non-hydrogen) atoms. The second-order valence-electron chi connectivity index (χ2n) is 6.57. The Hall–Kier alpha value is -3.10. The van der Waals surface area contributed by atoms with Crippen LogP contribution in [0.1, 0.15) is 6.42 Å². The van der Waals surface area contributed by atoms with E-state index in [0.29, 0.717) is 22.4 Å². The Balaban J connectivity index is 1.76. The predicted octanol–water partition coefficient (Wildman–Crippen LogP) is 3.31. The molecule has 0 spiro atoms. The van der Waals surface area contributed by atoms with Crippen molar-refractivity contribution in [2.75, 3.05) is 17.3 Å². The highest BCUT2D eigenvalue weighted by molar-refractivity contribution is 6.03. The highest BCUT2D eigenvalue weighted by Crippen LogP contribution is 2.37. The Kier molecular flexibility index (Phi) is 4.01. The molecule has 6 nitrogen and oxygen atoms in total. The van der Waals surface area contributed by atoms with Crippen molar-refractivity contribution < 1.29 is 18.0 Å². The molecule has 0 saturated heterocycles. The van der Waals surface area contributed by atoms with Crippen molar-refractivity contribution >= 4 is 34.0 Å². The summed E-state index contributed by atoms with van der Waals surface area (Å²) in [7, 11) is 3.38. The number of anilines is 3. The molecule has 0 aliphatic heterocycles. The largest absolute Gasteiger partial charge is 0.341 e. The Morgan fingerprint density at radius 2 is 2.07 bits per heavy atom. The fourth-order valence-corrected chi connectivity index (χ4v) is 2.96. The highest BCUT2D eigenvalue weighted by atomic mass is 19.1. The van der Waals surface area contributed by atoms with Crippen LogP contribution in [0.5, 0.6) is 0 Å². The van der Waals surface area contributed by atoms with Crippen LogP contribution in [-0.4, -0.2) is 33.7 Å². The van der Waals surface area contributed by atoms with E-state index in [4.69, 9.17) is 0 Å². The van der Waals surface area contributed by atoms with Gasteiger partial charge in [0.2, 0.25) is 17.8 Å². The molecule has 0 radical (unpaired) electrons. The molecule has 4 rings (SSSR count). The molecule has 0 unspecified atom stereocenters. The number of fused-ring (bicyclic) bond motifs is 1. The first-order valence-electron chi connectivity index (χ1n) is 8.31. The lowest BCUT2D eigenvalue weighted by molar-refractivity contribution is -0.117. The van der Waals surface area contributed by atoms with Gasteiger partial charge in [-0.25, -0.2) is 9.37 Å². The molecule has 1 N–H and O–H groups in total. The van der Waals surface area contributed by atoms with Gasteiger partial charge < -0.3 is 14.8 Å². The van der Waals surface area contributed by atoms with Crippen LogP contribution in [0.25, 0.3) is 11.0 Å². The second kappa shape index (κ2) is 6.26. The Morgan fingerprint density at radius 1 is 1.33 bits per heavy atom. The lowest BCUT2D eigenvalue weighted by Crippen LogP contribution is -2.17. The molecular formula is C18H16F3N5O. The van der Waals surface area contributed by atoms with Gasteiger partial charge in [0.15, 0.2) is 0 Å². The molecule has 0 bridgehead atoms. The van der Waals surface area contributed by atoms with Gasteiger partial charge in [-0.15, -0.1) is 0 Å². The van der Waals surface area contributed by atoms with Gasteiger partial charge in [-0.3, -0.25) is 4.79 Å². The molecular weight excluding hydrogens is 359 g/mol. The van der Waals surface area contributed by atoms with E-state index in [-0.39, 0.29) is 12.1 Å². The van der Waals surface area contributed by atoms with E-state index in [9.17, 15) is 18.0 Å². The maximum atomic E-state index is 14.1. The van der Waals surface area contributed by atoms with Crippen molar-refractivity contribution in [2.45, 2.75) is 12.6 Å². The van der Waals surface area contributed by atoms with Crippen LogP contribution in [0.3, 0.4) is 0 Å². The molecule has 1 aromatic carbocycles. The molecule has 3 aromatic rings. The van der Waals surface area contributed by atoms with Gasteiger partial charge in [0.05, 0.1) is 29.1 Å². The number of nitrogens with zero attached hydrogens (tertiary/aromatic N) is 4. The number of hydrogen-bond donors (Lipinski definition) is 1. The average molecular weight is 375 g/mol. The third-order valence-electron chi connectivity index (χ3n) is 4.67. The summed E-state index contributed by atoms with van der Waals surface area (Å²) in [6.07, 6.45) is 0.678. The molecule has 1 amide bonds. The van der Waals surface area contributed by atoms with E-state index < -0.39 is 29.9 Å². The lowest BCUT2D eigenvalue weighted by Gasteiger charge is -2.21. The fourth-order valence-electron chi connectivity index (χ4n) is 2.96. The number of carbonyl (C=O) groups excluding carboxylic acids is 1. The smallest absolute Gasteiger partial charge is 0.239 e. The van der Waals surface area contributed by atoms with Crippen LogP contribution in [0.2, 0.25) is 0 Å². The van der Waals surface area contributed by atoms with Crippen LogP contribution in [-0.2, 0) is 11.8 Å². The number of alkyl halides is 1. The Morgan fingerprint density at radius 3 is 2.74 bits per heavy atom. The molecule has 1 aliphatic rings. The van der Waals surface area contributed by atoms with E-state index in [1.54, 1.807) is 37.1 Å². The third kappa shape index (κ3) is 3.09. The van der Waals surface area contributed by atoms with Gasteiger partial charge >= 0.3 is 0 Å². The summed E-state index contributed by atoms with van der Waals surface area (Å²) in [4.78, 5) is 21.1. The molecule has 140 valence electrons. The number of carbonyl (C=O) groups is 1. The second-order valence-corrected chi connectivity index (χ2v) is 6.57. The molecule has 2 atom stereocenters. The number of benzene rings is 1. The summed E-state index contributed by atoms with van der Waals surface area (Å²) < 4.78 is 42.1. The van der Waals surface area contributed by atoms with E-state index in [1.165, 1.54) is 11.0 Å². The minimum atomic E-state index is -1.12. The lowest BCUT2D eigenvalue weighted by atomic mass is 10.2. The van der Waals surface area contributed by atoms with Crippen molar-refractivity contribution in [3.05, 3.63) is 42.5 Å². The summed E-state index contributed by atoms with van der Waals surface area (Å²) in [5.74, 6) is -2.93. The zero-order valence-corrected chi connectivity index (χ0v) is 14.6. The van der Waals surface area contributed by atoms with Crippen molar-refractivity contribution in [1.82, 2.24) is 14.5 Å². The average Bonchev–Trinajstić information content (AvgIpc) is 3.24. The van der Waals surface area contributed by atoms with E-state index in [0.717, 1.165) is 6.07 Å². The maximum Gasteiger partial charge on any atom is 0.239 e. The van der Waals surface area contributed by atoms with Crippen molar-refractivity contribution in [3.63, 3.8) is 0 Å². The Bertz CT molecular complexity index is 1050. The van der Waals surface area contributed by atoms with E-state index in [1.807, 2.05) is 0 Å². The molecule has 9 heteroatoms. The van der Waals surface area contributed by atoms with Crippen molar-refractivity contribution in [1.29, 1.82) is 0 Å². The first kappa shape index (κ1) is 17.3. The number of aromatic nitrogens is 3. The van der Waals surface area contributed by atoms with Crippen LogP contribution in [0.15, 0.2) is 30.6 Å². The van der Waals surface area contributed by atoms with Crippen LogP contribution >= 0.6 is 0 Å². The van der Waals surface area contributed by atoms with Gasteiger partial charge in [0.1, 0.15) is 11.7 Å². The Labute approximate surface area is 152 Å². The number of halogens is 3. The molecule has 1 fully saturated rings. The number of imidazole rings is 1. The van der Waals surface area contributed by atoms with Gasteiger partial charge in [-0.1, -0.05) is 0 Å². The number of amides is 1. The van der Waals surface area contributed by atoms with E-state index >= 15 is 0 Å². The summed E-state index contributed by atoms with van der Waals surface area (Å²) in [6.45, 7) is 0. The van der Waals surface area contributed by atoms with Gasteiger partial charge in [0, 0.05) is 19.8 Å².